The van der Waals surface area contributed by atoms with E-state index in [0.717, 1.165) is 15.2 Å². The Morgan fingerprint density at radius 2 is 1.20 bits per heavy atom. The summed E-state index contributed by atoms with van der Waals surface area (Å²) >= 11 is 10.3. The van der Waals surface area contributed by atoms with Crippen LogP contribution in [0.4, 0.5) is 4.39 Å². The zero-order valence-electron chi connectivity index (χ0n) is 16.6. The lowest BCUT2D eigenvalue weighted by Crippen LogP contribution is -2.33. The van der Waals surface area contributed by atoms with Crippen LogP contribution in [-0.4, -0.2) is 28.5 Å². The topological polar surface area (TPSA) is 94.3 Å². The van der Waals surface area contributed by atoms with Gasteiger partial charge in [0.25, 0.3) is 11.1 Å². The molecule has 1 aromatic carbocycles. The van der Waals surface area contributed by atoms with Gasteiger partial charge in [0.15, 0.2) is 9.54 Å². The number of hydrogen-bond acceptors (Lipinski definition) is 6. The van der Waals surface area contributed by atoms with Crippen LogP contribution in [0.3, 0.4) is 0 Å². The molecule has 0 amide bonds. The molecule has 0 radical (unpaired) electrons. The molecule has 0 saturated heterocycles. The Morgan fingerprint density at radius 1 is 0.800 bits per heavy atom. The second-order valence-electron chi connectivity index (χ2n) is 6.84. The van der Waals surface area contributed by atoms with Gasteiger partial charge in [0, 0.05) is 33.8 Å². The van der Waals surface area contributed by atoms with Gasteiger partial charge in [-0.2, -0.15) is 0 Å². The maximum absolute atomic E-state index is 14.9. The van der Waals surface area contributed by atoms with Crippen LogP contribution >= 0.6 is 24.4 Å². The molecule has 3 aromatic rings. The SMILES string of the molecule is Cn1c(O)c(C(c2ccccc2F)c2c(O)n(C)c(=S)n(C)c2=O)c(=O)n(C)c1=S. The largest absolute Gasteiger partial charge is 0.494 e. The summed E-state index contributed by atoms with van der Waals surface area (Å²) in [4.78, 5) is 26.2. The van der Waals surface area contributed by atoms with Gasteiger partial charge in [-0.1, -0.05) is 18.2 Å². The van der Waals surface area contributed by atoms with E-state index in [2.05, 4.69) is 0 Å². The smallest absolute Gasteiger partial charge is 0.262 e. The van der Waals surface area contributed by atoms with Crippen molar-refractivity contribution in [3.63, 3.8) is 0 Å². The minimum Gasteiger partial charge on any atom is -0.494 e. The van der Waals surface area contributed by atoms with Crippen LogP contribution in [0.2, 0.25) is 0 Å². The fourth-order valence-electron chi connectivity index (χ4n) is 3.39. The van der Waals surface area contributed by atoms with Crippen LogP contribution in [0.25, 0.3) is 0 Å². The van der Waals surface area contributed by atoms with E-state index in [4.69, 9.17) is 24.4 Å². The molecule has 8 nitrogen and oxygen atoms in total. The van der Waals surface area contributed by atoms with Crippen LogP contribution in [0.1, 0.15) is 22.6 Å². The molecule has 0 bridgehead atoms. The fourth-order valence-corrected chi connectivity index (χ4v) is 3.73. The molecule has 0 fully saturated rings. The number of aromatic hydroxyl groups is 2. The molecule has 2 aromatic heterocycles. The molecule has 2 N–H and O–H groups in total. The Kier molecular flexibility index (Phi) is 5.52. The van der Waals surface area contributed by atoms with E-state index in [1.807, 2.05) is 0 Å². The van der Waals surface area contributed by atoms with Crippen molar-refractivity contribution < 1.29 is 14.6 Å². The summed E-state index contributed by atoms with van der Waals surface area (Å²) in [5.41, 5.74) is -2.14. The number of halogens is 1. The van der Waals surface area contributed by atoms with E-state index < -0.39 is 34.6 Å². The van der Waals surface area contributed by atoms with Gasteiger partial charge >= 0.3 is 0 Å². The van der Waals surface area contributed by atoms with E-state index in [1.54, 1.807) is 0 Å². The van der Waals surface area contributed by atoms with Gasteiger partial charge in [-0.25, -0.2) is 4.39 Å². The van der Waals surface area contributed by atoms with Gasteiger partial charge in [0.1, 0.15) is 5.82 Å². The highest BCUT2D eigenvalue weighted by Crippen LogP contribution is 2.37. The Bertz CT molecular complexity index is 1330. The minimum absolute atomic E-state index is 0.0251. The van der Waals surface area contributed by atoms with Crippen molar-refractivity contribution in [3.05, 3.63) is 77.0 Å². The minimum atomic E-state index is -1.42. The standard InChI is InChI=1S/C19H19FN4O4S2/c1-21-14(25)12(15(26)22(2)18(21)29)11(9-7-5-6-8-10(9)20)13-16(27)23(3)19(30)24(4)17(13)28/h5-8,11,25,27H,1-4H3. The summed E-state index contributed by atoms with van der Waals surface area (Å²) in [6.07, 6.45) is 0. The summed E-state index contributed by atoms with van der Waals surface area (Å²) in [6, 6.07) is 5.51. The molecular weight excluding hydrogens is 431 g/mol. The van der Waals surface area contributed by atoms with E-state index >= 15 is 0 Å². The first-order valence-electron chi connectivity index (χ1n) is 8.72. The summed E-state index contributed by atoms with van der Waals surface area (Å²) in [6.45, 7) is 0. The molecule has 0 aliphatic heterocycles. The first kappa shape index (κ1) is 21.7. The quantitative estimate of drug-likeness (QED) is 0.593. The second-order valence-corrected chi connectivity index (χ2v) is 7.57. The average molecular weight is 451 g/mol. The molecule has 0 aliphatic carbocycles. The highest BCUT2D eigenvalue weighted by molar-refractivity contribution is 7.71. The number of nitrogens with zero attached hydrogens (tertiary/aromatic N) is 4. The molecule has 30 heavy (non-hydrogen) atoms. The van der Waals surface area contributed by atoms with Crippen LogP contribution in [0.5, 0.6) is 11.8 Å². The lowest BCUT2D eigenvalue weighted by molar-refractivity contribution is 0.394. The first-order valence-corrected chi connectivity index (χ1v) is 9.54. The van der Waals surface area contributed by atoms with Crippen molar-refractivity contribution in [2.24, 2.45) is 28.2 Å². The molecule has 2 heterocycles. The highest BCUT2D eigenvalue weighted by Gasteiger charge is 2.33. The summed E-state index contributed by atoms with van der Waals surface area (Å²) in [5, 5.41) is 21.6. The van der Waals surface area contributed by atoms with Crippen molar-refractivity contribution in [1.82, 2.24) is 18.3 Å². The molecule has 0 spiro atoms. The molecule has 0 unspecified atom stereocenters. The Labute approximate surface area is 180 Å². The lowest BCUT2D eigenvalue weighted by Gasteiger charge is -2.23. The van der Waals surface area contributed by atoms with Gasteiger partial charge in [-0.05, 0) is 30.5 Å². The molecule has 3 rings (SSSR count). The van der Waals surface area contributed by atoms with Crippen LogP contribution in [0.15, 0.2) is 33.9 Å². The van der Waals surface area contributed by atoms with Crippen LogP contribution in [0, 0.1) is 15.4 Å². The third-order valence-electron chi connectivity index (χ3n) is 5.13. The van der Waals surface area contributed by atoms with Gasteiger partial charge in [-0.15, -0.1) is 0 Å². The number of benzene rings is 1. The fraction of sp³-hybridized carbons (Fsp3) is 0.263. The Hall–Kier alpha value is -3.05. The highest BCUT2D eigenvalue weighted by atomic mass is 32.1. The Morgan fingerprint density at radius 3 is 1.60 bits per heavy atom. The summed E-state index contributed by atoms with van der Waals surface area (Å²) < 4.78 is 19.4. The molecular formula is C19H19FN4O4S2. The van der Waals surface area contributed by atoms with Crippen molar-refractivity contribution in [2.45, 2.75) is 5.92 Å². The zero-order chi connectivity index (χ0) is 22.5. The van der Waals surface area contributed by atoms with Crippen molar-refractivity contribution in [3.8, 4) is 11.8 Å². The second kappa shape index (κ2) is 7.65. The zero-order valence-corrected chi connectivity index (χ0v) is 18.2. The third kappa shape index (κ3) is 3.10. The summed E-state index contributed by atoms with van der Waals surface area (Å²) in [7, 11) is 5.67. The maximum Gasteiger partial charge on any atom is 0.262 e. The van der Waals surface area contributed by atoms with Gasteiger partial charge < -0.3 is 10.2 Å². The van der Waals surface area contributed by atoms with Gasteiger partial charge in [-0.3, -0.25) is 27.9 Å². The predicted octanol–water partition coefficient (Wildman–Crippen LogP) is 1.95. The number of aromatic nitrogens is 4. The summed E-state index contributed by atoms with van der Waals surface area (Å²) in [5.74, 6) is -3.22. The molecule has 0 aliphatic rings. The molecule has 0 saturated carbocycles. The number of hydrogen-bond donors (Lipinski definition) is 2. The van der Waals surface area contributed by atoms with Crippen LogP contribution < -0.4 is 11.1 Å². The first-order chi connectivity index (χ1) is 14.0. The van der Waals surface area contributed by atoms with Crippen molar-refractivity contribution >= 4 is 24.4 Å². The molecule has 0 atom stereocenters. The van der Waals surface area contributed by atoms with E-state index in [9.17, 15) is 24.2 Å². The normalized spacial score (nSPS) is 11.3. The van der Waals surface area contributed by atoms with E-state index in [1.165, 1.54) is 55.5 Å². The number of rotatable bonds is 3. The van der Waals surface area contributed by atoms with Crippen molar-refractivity contribution in [2.75, 3.05) is 0 Å². The van der Waals surface area contributed by atoms with Crippen LogP contribution in [-0.2, 0) is 28.2 Å². The third-order valence-corrected chi connectivity index (χ3v) is 6.22. The molecule has 158 valence electrons. The monoisotopic (exact) mass is 450 g/mol. The lowest BCUT2D eigenvalue weighted by atomic mass is 9.86. The van der Waals surface area contributed by atoms with E-state index in [-0.39, 0.29) is 26.2 Å². The average Bonchev–Trinajstić information content (AvgIpc) is 2.73. The van der Waals surface area contributed by atoms with Gasteiger partial charge in [0.2, 0.25) is 11.8 Å². The van der Waals surface area contributed by atoms with Gasteiger partial charge in [0.05, 0.1) is 17.0 Å². The van der Waals surface area contributed by atoms with Crippen molar-refractivity contribution in [1.29, 1.82) is 0 Å². The molecule has 11 heteroatoms. The predicted molar refractivity (Wildman–Crippen MR) is 114 cm³/mol. The van der Waals surface area contributed by atoms with E-state index in [0.29, 0.717) is 0 Å². The Balaban J connectivity index is 2.62. The maximum atomic E-state index is 14.9.